The topological polar surface area (TPSA) is 85.1 Å². The summed E-state index contributed by atoms with van der Waals surface area (Å²) >= 11 is 0. The van der Waals surface area contributed by atoms with Gasteiger partial charge in [-0.1, -0.05) is 0 Å². The first-order valence-corrected chi connectivity index (χ1v) is 6.47. The third kappa shape index (κ3) is 2.15. The predicted molar refractivity (Wildman–Crippen MR) is 57.0 cm³/mol. The largest absolute Gasteiger partial charge is 0.407 e. The second kappa shape index (κ2) is 3.82. The summed E-state index contributed by atoms with van der Waals surface area (Å²) in [4.78, 5) is 3.50. The number of hydrogen-bond donors (Lipinski definition) is 2. The number of nitrogens with zero attached hydrogens (tertiary/aromatic N) is 1. The van der Waals surface area contributed by atoms with Crippen molar-refractivity contribution in [1.82, 2.24) is 9.71 Å². The first kappa shape index (κ1) is 13.1. The Morgan fingerprint density at radius 3 is 2.44 bits per heavy atom. The molecule has 0 aliphatic heterocycles. The number of alkyl halides is 3. The fourth-order valence-corrected chi connectivity index (χ4v) is 3.01. The van der Waals surface area contributed by atoms with Crippen molar-refractivity contribution in [2.45, 2.75) is 29.6 Å². The number of nitrogen functional groups attached to an aromatic ring is 1. The van der Waals surface area contributed by atoms with Gasteiger partial charge in [0, 0.05) is 6.20 Å². The zero-order chi connectivity index (χ0) is 13.6. The molecule has 5 nitrogen and oxygen atoms in total. The second-order valence-electron chi connectivity index (χ2n) is 4.08. The van der Waals surface area contributed by atoms with Gasteiger partial charge in [0.2, 0.25) is 0 Å². The number of sulfonamides is 1. The van der Waals surface area contributed by atoms with E-state index < -0.39 is 26.8 Å². The fraction of sp³-hybridized carbons (Fsp3) is 0.444. The normalized spacial score (nSPS) is 18.6. The summed E-state index contributed by atoms with van der Waals surface area (Å²) in [5.41, 5.74) is 2.84. The van der Waals surface area contributed by atoms with Crippen LogP contribution in [-0.4, -0.2) is 25.1 Å². The van der Waals surface area contributed by atoms with E-state index in [2.05, 4.69) is 4.98 Å². The molecule has 18 heavy (non-hydrogen) atoms. The van der Waals surface area contributed by atoms with E-state index in [4.69, 9.17) is 5.73 Å². The Labute approximate surface area is 101 Å². The zero-order valence-corrected chi connectivity index (χ0v) is 9.85. The molecular formula is C9H10F3N3O2S. The van der Waals surface area contributed by atoms with Gasteiger partial charge in [-0.2, -0.15) is 17.9 Å². The van der Waals surface area contributed by atoms with E-state index in [0.29, 0.717) is 0 Å². The number of halogens is 3. The number of nitrogens with one attached hydrogen (secondary N) is 1. The van der Waals surface area contributed by atoms with Gasteiger partial charge < -0.3 is 5.73 Å². The third-order valence-electron chi connectivity index (χ3n) is 2.68. The van der Waals surface area contributed by atoms with Gasteiger partial charge in [-0.15, -0.1) is 0 Å². The Morgan fingerprint density at radius 1 is 1.39 bits per heavy atom. The molecule has 0 spiro atoms. The van der Waals surface area contributed by atoms with Crippen molar-refractivity contribution in [3.63, 3.8) is 0 Å². The van der Waals surface area contributed by atoms with Gasteiger partial charge in [0.05, 0.1) is 5.69 Å². The molecule has 9 heteroatoms. The van der Waals surface area contributed by atoms with Crippen LogP contribution in [0.1, 0.15) is 12.8 Å². The average Bonchev–Trinajstić information content (AvgIpc) is 2.97. The summed E-state index contributed by atoms with van der Waals surface area (Å²) in [7, 11) is -4.38. The maximum atomic E-state index is 12.7. The van der Waals surface area contributed by atoms with Crippen molar-refractivity contribution in [3.05, 3.63) is 18.3 Å². The summed E-state index contributed by atoms with van der Waals surface area (Å²) in [6, 6.07) is 2.65. The summed E-state index contributed by atoms with van der Waals surface area (Å²) in [6.45, 7) is 0. The molecule has 0 aromatic carbocycles. The lowest BCUT2D eigenvalue weighted by Gasteiger charge is -2.20. The van der Waals surface area contributed by atoms with E-state index in [1.807, 2.05) is 0 Å². The van der Waals surface area contributed by atoms with E-state index in [0.717, 1.165) is 6.20 Å². The van der Waals surface area contributed by atoms with Gasteiger partial charge in [-0.25, -0.2) is 13.4 Å². The van der Waals surface area contributed by atoms with Gasteiger partial charge in [0.15, 0.2) is 5.03 Å². The van der Waals surface area contributed by atoms with Crippen LogP contribution in [-0.2, 0) is 10.0 Å². The van der Waals surface area contributed by atoms with Crippen molar-refractivity contribution < 1.29 is 21.6 Å². The summed E-state index contributed by atoms with van der Waals surface area (Å²) in [5.74, 6) is 0. The van der Waals surface area contributed by atoms with Crippen LogP contribution in [0, 0.1) is 0 Å². The average molecular weight is 281 g/mol. The maximum absolute atomic E-state index is 12.7. The highest BCUT2D eigenvalue weighted by molar-refractivity contribution is 7.89. The van der Waals surface area contributed by atoms with Crippen LogP contribution in [0.4, 0.5) is 18.9 Å². The highest BCUT2D eigenvalue weighted by atomic mass is 32.2. The highest BCUT2D eigenvalue weighted by Crippen LogP contribution is 2.49. The predicted octanol–water partition coefficient (Wildman–Crippen LogP) is 1.04. The van der Waals surface area contributed by atoms with Crippen LogP contribution < -0.4 is 10.5 Å². The number of pyridine rings is 1. The zero-order valence-electron chi connectivity index (χ0n) is 9.03. The third-order valence-corrected chi connectivity index (χ3v) is 4.19. The van der Waals surface area contributed by atoms with Crippen molar-refractivity contribution in [2.24, 2.45) is 0 Å². The minimum atomic E-state index is -4.62. The van der Waals surface area contributed by atoms with Crippen LogP contribution in [0.15, 0.2) is 23.4 Å². The van der Waals surface area contributed by atoms with E-state index >= 15 is 0 Å². The fourth-order valence-electron chi connectivity index (χ4n) is 1.50. The Hall–Kier alpha value is -1.35. The van der Waals surface area contributed by atoms with E-state index in [1.54, 1.807) is 4.72 Å². The summed E-state index contributed by atoms with van der Waals surface area (Å²) < 4.78 is 63.2. The molecule has 2 rings (SSSR count). The number of aromatic nitrogens is 1. The van der Waals surface area contributed by atoms with Crippen molar-refractivity contribution in [3.8, 4) is 0 Å². The molecule has 1 fully saturated rings. The molecule has 1 aromatic heterocycles. The molecule has 0 unspecified atom stereocenters. The van der Waals surface area contributed by atoms with Gasteiger partial charge >= 0.3 is 6.18 Å². The molecule has 1 aromatic rings. The Bertz CT molecular complexity index is 567. The van der Waals surface area contributed by atoms with Crippen LogP contribution in [0.25, 0.3) is 0 Å². The maximum Gasteiger partial charge on any atom is 0.407 e. The quantitative estimate of drug-likeness (QED) is 0.866. The molecule has 1 saturated carbocycles. The monoisotopic (exact) mass is 281 g/mol. The van der Waals surface area contributed by atoms with Crippen LogP contribution in [0.3, 0.4) is 0 Å². The highest BCUT2D eigenvalue weighted by Gasteiger charge is 2.65. The van der Waals surface area contributed by atoms with Gasteiger partial charge in [-0.05, 0) is 25.0 Å². The molecular weight excluding hydrogens is 271 g/mol. The molecule has 0 saturated heterocycles. The van der Waals surface area contributed by atoms with Crippen LogP contribution in [0.5, 0.6) is 0 Å². The number of anilines is 1. The van der Waals surface area contributed by atoms with E-state index in [1.165, 1.54) is 12.1 Å². The Balaban J connectivity index is 2.33. The lowest BCUT2D eigenvalue weighted by molar-refractivity contribution is -0.160. The first-order valence-electron chi connectivity index (χ1n) is 4.99. The van der Waals surface area contributed by atoms with Gasteiger partial charge in [-0.3, -0.25) is 0 Å². The van der Waals surface area contributed by atoms with Crippen LogP contribution >= 0.6 is 0 Å². The van der Waals surface area contributed by atoms with E-state index in [9.17, 15) is 21.6 Å². The SMILES string of the molecule is Nc1cccnc1S(=O)(=O)NC1(C(F)(F)F)CC1. The number of nitrogens with two attached hydrogens (primary N) is 1. The Kier molecular flexibility index (Phi) is 2.78. The molecule has 1 aliphatic rings. The lowest BCUT2D eigenvalue weighted by Crippen LogP contribution is -2.48. The molecule has 1 heterocycles. The number of hydrogen-bond acceptors (Lipinski definition) is 4. The summed E-state index contributed by atoms with van der Waals surface area (Å²) in [6.07, 6.45) is -4.02. The molecule has 1 aliphatic carbocycles. The van der Waals surface area contributed by atoms with Crippen LogP contribution in [0.2, 0.25) is 0 Å². The minimum Gasteiger partial charge on any atom is -0.396 e. The first-order chi connectivity index (χ1) is 8.18. The van der Waals surface area contributed by atoms with Crippen molar-refractivity contribution >= 4 is 15.7 Å². The van der Waals surface area contributed by atoms with E-state index in [-0.39, 0.29) is 18.5 Å². The summed E-state index contributed by atoms with van der Waals surface area (Å²) in [5, 5.41) is -0.583. The molecule has 0 atom stereocenters. The Morgan fingerprint density at radius 2 is 2.00 bits per heavy atom. The molecule has 3 N–H and O–H groups in total. The van der Waals surface area contributed by atoms with Crippen molar-refractivity contribution in [1.29, 1.82) is 0 Å². The molecule has 0 bridgehead atoms. The molecule has 100 valence electrons. The molecule has 0 amide bonds. The van der Waals surface area contributed by atoms with Gasteiger partial charge in [0.25, 0.3) is 10.0 Å². The second-order valence-corrected chi connectivity index (χ2v) is 5.68. The van der Waals surface area contributed by atoms with Crippen molar-refractivity contribution in [2.75, 3.05) is 5.73 Å². The number of rotatable bonds is 3. The minimum absolute atomic E-state index is 0.192. The standard InChI is InChI=1S/C9H10F3N3O2S/c10-9(11,12)8(3-4-8)15-18(16,17)7-6(13)2-1-5-14-7/h1-2,5,15H,3-4,13H2. The lowest BCUT2D eigenvalue weighted by atomic mass is 10.3. The smallest absolute Gasteiger partial charge is 0.396 e. The van der Waals surface area contributed by atoms with Gasteiger partial charge in [0.1, 0.15) is 5.54 Å². The molecule has 0 radical (unpaired) electrons.